The molecule has 0 saturated carbocycles. The Kier molecular flexibility index (Phi) is 3.92. The first-order chi connectivity index (χ1) is 10.1. The van der Waals surface area contributed by atoms with Gasteiger partial charge in [0.25, 0.3) is 5.91 Å². The number of aryl methyl sites for hydroxylation is 1. The number of rotatable bonds is 1. The molecule has 0 radical (unpaired) electrons. The van der Waals surface area contributed by atoms with E-state index in [1.54, 1.807) is 0 Å². The summed E-state index contributed by atoms with van der Waals surface area (Å²) < 4.78 is 0. The molecule has 3 rings (SSSR count). The van der Waals surface area contributed by atoms with Crippen molar-refractivity contribution in [1.82, 2.24) is 4.90 Å². The first kappa shape index (κ1) is 14.4. The Labute approximate surface area is 127 Å². The quantitative estimate of drug-likeness (QED) is 0.854. The highest BCUT2D eigenvalue weighted by atomic mass is 16.2. The molecule has 3 nitrogen and oxygen atoms in total. The second-order valence-electron chi connectivity index (χ2n) is 7.18. The van der Waals surface area contributed by atoms with Crippen LogP contribution < -0.4 is 5.32 Å². The fourth-order valence-corrected chi connectivity index (χ4v) is 3.48. The summed E-state index contributed by atoms with van der Waals surface area (Å²) in [6.07, 6.45) is 5.66. The molecule has 0 aliphatic carbocycles. The Morgan fingerprint density at radius 1 is 1.19 bits per heavy atom. The van der Waals surface area contributed by atoms with Crippen molar-refractivity contribution in [2.24, 2.45) is 5.41 Å². The van der Waals surface area contributed by atoms with E-state index in [2.05, 4.69) is 30.1 Å². The van der Waals surface area contributed by atoms with Gasteiger partial charge in [0.2, 0.25) is 0 Å². The Bertz CT molecular complexity index is 536. The van der Waals surface area contributed by atoms with Crippen molar-refractivity contribution in [3.05, 3.63) is 29.3 Å². The molecule has 2 heterocycles. The number of fused-ring (bicyclic) bond motifs is 1. The van der Waals surface area contributed by atoms with E-state index >= 15 is 0 Å². The third kappa shape index (κ3) is 3.07. The van der Waals surface area contributed by atoms with Gasteiger partial charge in [0.15, 0.2) is 0 Å². The van der Waals surface area contributed by atoms with Crippen molar-refractivity contribution in [3.63, 3.8) is 0 Å². The van der Waals surface area contributed by atoms with Crippen molar-refractivity contribution in [2.75, 3.05) is 25.0 Å². The van der Waals surface area contributed by atoms with E-state index in [0.717, 1.165) is 56.6 Å². The Hall–Kier alpha value is -1.51. The van der Waals surface area contributed by atoms with Crippen molar-refractivity contribution < 1.29 is 4.79 Å². The van der Waals surface area contributed by atoms with Crippen LogP contribution in [0.3, 0.4) is 0 Å². The molecular weight excluding hydrogens is 260 g/mol. The molecule has 1 fully saturated rings. The molecule has 1 aromatic carbocycles. The molecule has 0 unspecified atom stereocenters. The summed E-state index contributed by atoms with van der Waals surface area (Å²) in [4.78, 5) is 15.0. The monoisotopic (exact) mass is 286 g/mol. The van der Waals surface area contributed by atoms with Gasteiger partial charge in [-0.1, -0.05) is 26.0 Å². The van der Waals surface area contributed by atoms with Crippen LogP contribution in [0.1, 0.15) is 55.5 Å². The molecule has 3 heteroatoms. The van der Waals surface area contributed by atoms with Gasteiger partial charge in [-0.05, 0) is 49.1 Å². The molecule has 1 saturated heterocycles. The minimum Gasteiger partial charge on any atom is -0.384 e. The van der Waals surface area contributed by atoms with Crippen LogP contribution in [-0.2, 0) is 6.42 Å². The van der Waals surface area contributed by atoms with Gasteiger partial charge in [-0.3, -0.25) is 4.79 Å². The number of carbonyl (C=O) groups is 1. The Balaban J connectivity index is 1.82. The number of nitrogens with one attached hydrogen (secondary N) is 1. The molecule has 0 bridgehead atoms. The Morgan fingerprint density at radius 2 is 2.05 bits per heavy atom. The zero-order chi connectivity index (χ0) is 14.9. The van der Waals surface area contributed by atoms with Crippen molar-refractivity contribution in [3.8, 4) is 0 Å². The van der Waals surface area contributed by atoms with Crippen LogP contribution in [0.2, 0.25) is 0 Å². The van der Waals surface area contributed by atoms with E-state index < -0.39 is 0 Å². The zero-order valence-corrected chi connectivity index (χ0v) is 13.2. The van der Waals surface area contributed by atoms with Gasteiger partial charge < -0.3 is 10.2 Å². The SMILES string of the molecule is CC1(C)CCCN(C(=O)c2cccc3c2NCCC3)CC1. The summed E-state index contributed by atoms with van der Waals surface area (Å²) in [7, 11) is 0. The summed E-state index contributed by atoms with van der Waals surface area (Å²) in [5.74, 6) is 0.207. The maximum atomic E-state index is 12.9. The Morgan fingerprint density at radius 3 is 2.90 bits per heavy atom. The fourth-order valence-electron chi connectivity index (χ4n) is 3.48. The third-order valence-electron chi connectivity index (χ3n) is 4.93. The number of likely N-dealkylation sites (tertiary alicyclic amines) is 1. The normalized spacial score (nSPS) is 21.1. The number of hydrogen-bond acceptors (Lipinski definition) is 2. The second kappa shape index (κ2) is 5.70. The van der Waals surface area contributed by atoms with Gasteiger partial charge in [0, 0.05) is 19.6 Å². The smallest absolute Gasteiger partial charge is 0.255 e. The van der Waals surface area contributed by atoms with Crippen molar-refractivity contribution >= 4 is 11.6 Å². The molecular formula is C18H26N2O. The molecule has 0 spiro atoms. The van der Waals surface area contributed by atoms with E-state index in [4.69, 9.17) is 0 Å². The number of benzene rings is 1. The molecule has 1 N–H and O–H groups in total. The number of amides is 1. The van der Waals surface area contributed by atoms with Crippen molar-refractivity contribution in [1.29, 1.82) is 0 Å². The van der Waals surface area contributed by atoms with Gasteiger partial charge in [-0.25, -0.2) is 0 Å². The summed E-state index contributed by atoms with van der Waals surface area (Å²) in [6, 6.07) is 6.15. The van der Waals surface area contributed by atoms with Crippen LogP contribution in [0, 0.1) is 5.41 Å². The highest BCUT2D eigenvalue weighted by Crippen LogP contribution is 2.32. The fraction of sp³-hybridized carbons (Fsp3) is 0.611. The number of hydrogen-bond donors (Lipinski definition) is 1. The number of carbonyl (C=O) groups excluding carboxylic acids is 1. The average Bonchev–Trinajstić information content (AvgIpc) is 2.67. The molecule has 114 valence electrons. The van der Waals surface area contributed by atoms with Crippen LogP contribution in [-0.4, -0.2) is 30.4 Å². The van der Waals surface area contributed by atoms with Crippen LogP contribution in [0.15, 0.2) is 18.2 Å². The largest absolute Gasteiger partial charge is 0.384 e. The minimum absolute atomic E-state index is 0.207. The van der Waals surface area contributed by atoms with Gasteiger partial charge in [-0.15, -0.1) is 0 Å². The maximum absolute atomic E-state index is 12.9. The lowest BCUT2D eigenvalue weighted by Crippen LogP contribution is -2.33. The number of anilines is 1. The summed E-state index contributed by atoms with van der Waals surface area (Å²) in [5, 5.41) is 3.44. The van der Waals surface area contributed by atoms with Crippen LogP contribution in [0.4, 0.5) is 5.69 Å². The summed E-state index contributed by atoms with van der Waals surface area (Å²) in [6.45, 7) is 7.38. The van der Waals surface area contributed by atoms with Crippen LogP contribution >= 0.6 is 0 Å². The summed E-state index contributed by atoms with van der Waals surface area (Å²) >= 11 is 0. The van der Waals surface area contributed by atoms with Gasteiger partial charge in [0.1, 0.15) is 0 Å². The van der Waals surface area contributed by atoms with E-state index in [9.17, 15) is 4.79 Å². The van der Waals surface area contributed by atoms with Gasteiger partial charge in [0.05, 0.1) is 11.3 Å². The number of para-hydroxylation sites is 1. The predicted octanol–water partition coefficient (Wildman–Crippen LogP) is 3.70. The molecule has 21 heavy (non-hydrogen) atoms. The van der Waals surface area contributed by atoms with E-state index in [0.29, 0.717) is 5.41 Å². The van der Waals surface area contributed by atoms with Gasteiger partial charge in [-0.2, -0.15) is 0 Å². The predicted molar refractivity (Wildman–Crippen MR) is 86.8 cm³/mol. The molecule has 2 aliphatic rings. The van der Waals surface area contributed by atoms with Crippen LogP contribution in [0.25, 0.3) is 0 Å². The lowest BCUT2D eigenvalue weighted by Gasteiger charge is -2.26. The lowest BCUT2D eigenvalue weighted by molar-refractivity contribution is 0.0758. The molecule has 0 aromatic heterocycles. The average molecular weight is 286 g/mol. The molecule has 2 aliphatic heterocycles. The third-order valence-corrected chi connectivity index (χ3v) is 4.93. The minimum atomic E-state index is 0.207. The van der Waals surface area contributed by atoms with E-state index in [1.165, 1.54) is 12.0 Å². The maximum Gasteiger partial charge on any atom is 0.255 e. The van der Waals surface area contributed by atoms with Crippen molar-refractivity contribution in [2.45, 2.75) is 46.0 Å². The summed E-state index contributed by atoms with van der Waals surface area (Å²) in [5.41, 5.74) is 3.61. The highest BCUT2D eigenvalue weighted by Gasteiger charge is 2.27. The zero-order valence-electron chi connectivity index (χ0n) is 13.2. The highest BCUT2D eigenvalue weighted by molar-refractivity contribution is 6.00. The second-order valence-corrected chi connectivity index (χ2v) is 7.18. The topological polar surface area (TPSA) is 32.3 Å². The molecule has 1 aromatic rings. The molecule has 0 atom stereocenters. The van der Waals surface area contributed by atoms with E-state index in [-0.39, 0.29) is 5.91 Å². The standard InChI is InChI=1S/C18H26N2O/c1-18(2)9-5-12-20(13-10-18)17(21)15-8-3-6-14-7-4-11-19-16(14)15/h3,6,8,19H,4-5,7,9-13H2,1-2H3. The van der Waals surface area contributed by atoms with E-state index in [1.807, 2.05) is 12.1 Å². The first-order valence-electron chi connectivity index (χ1n) is 8.22. The van der Waals surface area contributed by atoms with Gasteiger partial charge >= 0.3 is 0 Å². The van der Waals surface area contributed by atoms with Crippen LogP contribution in [0.5, 0.6) is 0 Å². The molecule has 1 amide bonds. The lowest BCUT2D eigenvalue weighted by atomic mass is 9.85. The number of nitrogens with zero attached hydrogens (tertiary/aromatic N) is 1. The first-order valence-corrected chi connectivity index (χ1v) is 8.22.